The number of alkyl halides is 3. The third-order valence-corrected chi connectivity index (χ3v) is 13.0. The average Bonchev–Trinajstić information content (AvgIpc) is 1.15. The molecule has 3 aromatic rings. The SMILES string of the molecule is COc1ccccc1N(C)C(=O)c1cc(-c2cnc(C(F)(F)F)cc2C#N)c(Cl)cc1OCCOCCOCCOCCOCCOCCOCCOCCOCCNC(=O)CN1CCN(CC(=O)O)CCN(CC(=O)O)CCN(CC(=O)O)CC1. The van der Waals surface area contributed by atoms with Crippen LogP contribution in [0.15, 0.2) is 48.7 Å². The van der Waals surface area contributed by atoms with E-state index in [-0.39, 0.29) is 131 Å². The fourth-order valence-electron chi connectivity index (χ4n) is 8.32. The van der Waals surface area contributed by atoms with Crippen LogP contribution in [0.25, 0.3) is 11.1 Å². The van der Waals surface area contributed by atoms with Gasteiger partial charge in [0, 0.05) is 89.3 Å². The Balaban J connectivity index is 0.981. The molecule has 30 heteroatoms. The van der Waals surface area contributed by atoms with Crippen molar-refractivity contribution in [2.75, 3.05) is 216 Å². The van der Waals surface area contributed by atoms with Crippen molar-refractivity contribution in [3.05, 3.63) is 70.5 Å². The number of amides is 2. The van der Waals surface area contributed by atoms with Crippen molar-refractivity contribution in [1.29, 1.82) is 5.26 Å². The molecule has 0 spiro atoms. The number of carbonyl (C=O) groups is 5. The number of aromatic nitrogens is 1. The second-order valence-corrected chi connectivity index (χ2v) is 19.4. The van der Waals surface area contributed by atoms with E-state index in [9.17, 15) is 57.7 Å². The van der Waals surface area contributed by atoms with Crippen molar-refractivity contribution in [3.8, 4) is 28.7 Å². The number of benzene rings is 2. The largest absolute Gasteiger partial charge is 0.495 e. The first-order chi connectivity index (χ1) is 41.4. The summed E-state index contributed by atoms with van der Waals surface area (Å²) in [6.45, 7) is 6.91. The van der Waals surface area contributed by atoms with Crippen LogP contribution < -0.4 is 19.7 Å². The van der Waals surface area contributed by atoms with Crippen molar-refractivity contribution in [3.63, 3.8) is 0 Å². The summed E-state index contributed by atoms with van der Waals surface area (Å²) < 4.78 is 96.0. The highest BCUT2D eigenvalue weighted by molar-refractivity contribution is 6.34. The lowest BCUT2D eigenvalue weighted by Gasteiger charge is -2.32. The summed E-state index contributed by atoms with van der Waals surface area (Å²) in [6.07, 6.45) is -3.90. The Hall–Kier alpha value is -6.37. The molecule has 0 saturated carbocycles. The second kappa shape index (κ2) is 40.9. The van der Waals surface area contributed by atoms with Gasteiger partial charge in [0.05, 0.1) is 167 Å². The molecule has 478 valence electrons. The van der Waals surface area contributed by atoms with Gasteiger partial charge in [-0.3, -0.25) is 48.6 Å². The second-order valence-electron chi connectivity index (χ2n) is 19.0. The fraction of sp³-hybridized carbons (Fsp3) is 0.589. The van der Waals surface area contributed by atoms with Crippen molar-refractivity contribution in [2.45, 2.75) is 6.18 Å². The van der Waals surface area contributed by atoms with Crippen molar-refractivity contribution in [1.82, 2.24) is 29.9 Å². The van der Waals surface area contributed by atoms with Gasteiger partial charge in [0.2, 0.25) is 5.91 Å². The number of nitrogens with zero attached hydrogens (tertiary/aromatic N) is 7. The summed E-state index contributed by atoms with van der Waals surface area (Å²) in [4.78, 5) is 73.0. The normalized spacial score (nSPS) is 14.2. The molecule has 1 fully saturated rings. The number of anilines is 1. The molecule has 26 nitrogen and oxygen atoms in total. The van der Waals surface area contributed by atoms with Gasteiger partial charge in [-0.25, -0.2) is 0 Å². The van der Waals surface area contributed by atoms with Gasteiger partial charge in [0.15, 0.2) is 0 Å². The quantitative estimate of drug-likeness (QED) is 0.0595. The van der Waals surface area contributed by atoms with Crippen molar-refractivity contribution in [2.24, 2.45) is 0 Å². The minimum absolute atomic E-state index is 0.00298. The fourth-order valence-corrected chi connectivity index (χ4v) is 8.58. The molecule has 2 amide bonds. The minimum Gasteiger partial charge on any atom is -0.495 e. The third-order valence-electron chi connectivity index (χ3n) is 12.7. The van der Waals surface area contributed by atoms with Crippen LogP contribution >= 0.6 is 11.6 Å². The monoisotopic (exact) mass is 1240 g/mol. The first-order valence-corrected chi connectivity index (χ1v) is 28.1. The Kier molecular flexibility index (Phi) is 34.3. The van der Waals surface area contributed by atoms with E-state index in [1.807, 2.05) is 4.90 Å². The molecular weight excluding hydrogens is 1170 g/mol. The Morgan fingerprint density at radius 1 is 0.605 bits per heavy atom. The highest BCUT2D eigenvalue weighted by Crippen LogP contribution is 2.39. The van der Waals surface area contributed by atoms with E-state index in [1.165, 1.54) is 31.2 Å². The number of nitrogens with one attached hydrogen (secondary N) is 1. The number of aliphatic carboxylic acids is 3. The number of hydrogen-bond acceptors (Lipinski definition) is 21. The summed E-state index contributed by atoms with van der Waals surface area (Å²) >= 11 is 6.62. The van der Waals surface area contributed by atoms with Crippen LogP contribution in [-0.4, -0.2) is 281 Å². The number of methoxy groups -OCH3 is 1. The Bertz CT molecular complexity index is 2560. The van der Waals surface area contributed by atoms with Crippen LogP contribution in [0.3, 0.4) is 0 Å². The number of para-hydroxylation sites is 2. The van der Waals surface area contributed by atoms with Gasteiger partial charge in [0.1, 0.15) is 23.8 Å². The zero-order chi connectivity index (χ0) is 62.5. The van der Waals surface area contributed by atoms with Gasteiger partial charge in [-0.1, -0.05) is 23.7 Å². The third kappa shape index (κ3) is 28.4. The summed E-state index contributed by atoms with van der Waals surface area (Å²) in [7, 11) is 2.97. The molecule has 86 heavy (non-hydrogen) atoms. The number of ether oxygens (including phenoxy) is 10. The van der Waals surface area contributed by atoms with E-state index < -0.39 is 35.7 Å². The number of nitriles is 1. The molecule has 0 radical (unpaired) electrons. The molecule has 2 heterocycles. The maximum Gasteiger partial charge on any atom is 0.433 e. The number of carbonyl (C=O) groups excluding carboxylic acids is 2. The molecule has 2 aromatic carbocycles. The van der Waals surface area contributed by atoms with Gasteiger partial charge in [-0.2, -0.15) is 18.4 Å². The van der Waals surface area contributed by atoms with E-state index in [0.717, 1.165) is 6.20 Å². The highest BCUT2D eigenvalue weighted by atomic mass is 35.5. The summed E-state index contributed by atoms with van der Waals surface area (Å²) in [5.74, 6) is -3.46. The van der Waals surface area contributed by atoms with E-state index in [0.29, 0.717) is 123 Å². The highest BCUT2D eigenvalue weighted by Gasteiger charge is 2.34. The van der Waals surface area contributed by atoms with Crippen LogP contribution in [0.5, 0.6) is 11.5 Å². The first-order valence-electron chi connectivity index (χ1n) is 27.7. The summed E-state index contributed by atoms with van der Waals surface area (Å²) in [6, 6.07) is 11.9. The van der Waals surface area contributed by atoms with Gasteiger partial charge < -0.3 is 72.9 Å². The van der Waals surface area contributed by atoms with Crippen LogP contribution in [0.1, 0.15) is 21.6 Å². The lowest BCUT2D eigenvalue weighted by atomic mass is 9.98. The zero-order valence-corrected chi connectivity index (χ0v) is 49.2. The van der Waals surface area contributed by atoms with E-state index >= 15 is 0 Å². The number of carboxylic acids is 3. The molecule has 0 aliphatic carbocycles. The van der Waals surface area contributed by atoms with Crippen molar-refractivity contribution >= 4 is 47.0 Å². The van der Waals surface area contributed by atoms with E-state index in [2.05, 4.69) is 10.3 Å². The number of hydrogen-bond donors (Lipinski definition) is 4. The molecule has 1 aliphatic rings. The molecule has 0 bridgehead atoms. The van der Waals surface area contributed by atoms with Gasteiger partial charge in [0.25, 0.3) is 5.91 Å². The Labute approximate surface area is 502 Å². The van der Waals surface area contributed by atoms with Gasteiger partial charge in [-0.15, -0.1) is 0 Å². The van der Waals surface area contributed by atoms with Crippen LogP contribution in [-0.2, 0) is 63.2 Å². The average molecular weight is 1240 g/mol. The van der Waals surface area contributed by atoms with Crippen LogP contribution in [0, 0.1) is 11.3 Å². The first kappa shape index (κ1) is 72.1. The van der Waals surface area contributed by atoms with Crippen LogP contribution in [0.4, 0.5) is 18.9 Å². The van der Waals surface area contributed by atoms with Gasteiger partial charge >= 0.3 is 24.1 Å². The zero-order valence-electron chi connectivity index (χ0n) is 48.4. The maximum atomic E-state index is 14.0. The number of halogens is 4. The predicted octanol–water partition coefficient (Wildman–Crippen LogP) is 2.68. The number of pyridine rings is 1. The molecule has 1 aromatic heterocycles. The molecular formula is C56H78ClF3N8O18. The summed E-state index contributed by atoms with van der Waals surface area (Å²) in [5.41, 5.74) is -1.10. The number of rotatable bonds is 40. The Morgan fingerprint density at radius 2 is 1.01 bits per heavy atom. The molecule has 0 atom stereocenters. The molecule has 4 rings (SSSR count). The lowest BCUT2D eigenvalue weighted by Crippen LogP contribution is -2.50. The standard InChI is InChI=1S/C56H78ClF3N8O18/c1-64(47-5-3-4-6-48(47)77-2)55(76)44-34-43(45-37-63-50(56(58,59)60)33-42(45)36-61)46(57)35-49(44)86-32-31-85-30-29-84-28-27-83-26-25-82-24-23-81-22-21-80-20-19-79-18-17-78-16-7-62-51(69)38-65-8-10-66(39-52(70)71)12-14-68(41-54(74)75)15-13-67(11-9-65)40-53(72)73/h3-6,33-35,37H,7-32,38-41H2,1-2H3,(H,62,69)(H,70,71)(H,72,73)(H,74,75). The molecule has 0 unspecified atom stereocenters. The smallest absolute Gasteiger partial charge is 0.433 e. The van der Waals surface area contributed by atoms with Crippen LogP contribution in [0.2, 0.25) is 5.02 Å². The maximum absolute atomic E-state index is 14.0. The topological polar surface area (TPSA) is 303 Å². The number of carboxylic acid groups (broad SMARTS) is 3. The lowest BCUT2D eigenvalue weighted by molar-refractivity contribution is -0.141. The predicted molar refractivity (Wildman–Crippen MR) is 304 cm³/mol. The molecule has 4 N–H and O–H groups in total. The van der Waals surface area contributed by atoms with E-state index in [4.69, 9.17) is 59.0 Å². The summed E-state index contributed by atoms with van der Waals surface area (Å²) in [5, 5.41) is 40.8. The minimum atomic E-state index is -4.79. The van der Waals surface area contributed by atoms with Crippen molar-refractivity contribution < 1.29 is 99.8 Å². The Morgan fingerprint density at radius 3 is 1.42 bits per heavy atom. The molecule has 1 aliphatic heterocycles. The molecule has 1 saturated heterocycles. The van der Waals surface area contributed by atoms with E-state index in [1.54, 1.807) is 45.0 Å². The van der Waals surface area contributed by atoms with Gasteiger partial charge in [-0.05, 0) is 24.3 Å².